The molecule has 2 aromatic heterocycles. The fourth-order valence-corrected chi connectivity index (χ4v) is 2.82. The van der Waals surface area contributed by atoms with Crippen LogP contribution in [0.25, 0.3) is 0 Å². The van der Waals surface area contributed by atoms with E-state index in [4.69, 9.17) is 16.3 Å². The summed E-state index contributed by atoms with van der Waals surface area (Å²) in [6.07, 6.45) is -1.74. The molecule has 0 bridgehead atoms. The van der Waals surface area contributed by atoms with Crippen molar-refractivity contribution >= 4 is 46.3 Å². The number of carbonyl (C=O) groups is 1. The van der Waals surface area contributed by atoms with E-state index in [2.05, 4.69) is 37.5 Å². The number of anilines is 5. The molecule has 0 saturated heterocycles. The van der Waals surface area contributed by atoms with Crippen LogP contribution < -0.4 is 20.7 Å². The van der Waals surface area contributed by atoms with E-state index in [1.165, 1.54) is 25.4 Å². The van der Waals surface area contributed by atoms with Crippen LogP contribution in [-0.4, -0.2) is 28.0 Å². The molecule has 0 aliphatic rings. The molecular formula is C21H18ClF3N6O2. The molecule has 0 fully saturated rings. The first-order valence-electron chi connectivity index (χ1n) is 9.32. The summed E-state index contributed by atoms with van der Waals surface area (Å²) in [6.45, 7) is 5.15. The first-order valence-corrected chi connectivity index (χ1v) is 9.70. The zero-order valence-corrected chi connectivity index (χ0v) is 18.2. The maximum atomic E-state index is 13.6. The van der Waals surface area contributed by atoms with Gasteiger partial charge in [-0.15, -0.1) is 0 Å². The predicted octanol–water partition coefficient (Wildman–Crippen LogP) is 5.47. The van der Waals surface area contributed by atoms with Gasteiger partial charge in [-0.3, -0.25) is 4.79 Å². The lowest BCUT2D eigenvalue weighted by Gasteiger charge is -2.17. The third-order valence-electron chi connectivity index (χ3n) is 4.25. The van der Waals surface area contributed by atoms with Crippen molar-refractivity contribution in [2.75, 3.05) is 23.1 Å². The van der Waals surface area contributed by atoms with Crippen LogP contribution in [-0.2, 0) is 11.0 Å². The summed E-state index contributed by atoms with van der Waals surface area (Å²) in [4.78, 5) is 23.4. The highest BCUT2D eigenvalue weighted by Crippen LogP contribution is 2.37. The number of amides is 1. The summed E-state index contributed by atoms with van der Waals surface area (Å²) in [5.41, 5.74) is 0.399. The molecule has 0 aliphatic heterocycles. The quantitative estimate of drug-likeness (QED) is 0.387. The first kappa shape index (κ1) is 23.8. The normalized spacial score (nSPS) is 11.0. The van der Waals surface area contributed by atoms with Crippen molar-refractivity contribution in [1.82, 2.24) is 15.0 Å². The van der Waals surface area contributed by atoms with Crippen molar-refractivity contribution in [3.05, 3.63) is 65.5 Å². The summed E-state index contributed by atoms with van der Waals surface area (Å²) in [6, 6.07) is 6.23. The zero-order valence-electron chi connectivity index (χ0n) is 17.4. The van der Waals surface area contributed by atoms with Crippen LogP contribution >= 0.6 is 11.6 Å². The van der Waals surface area contributed by atoms with Crippen molar-refractivity contribution in [3.63, 3.8) is 0 Å². The van der Waals surface area contributed by atoms with Crippen molar-refractivity contribution < 1.29 is 22.7 Å². The summed E-state index contributed by atoms with van der Waals surface area (Å²) in [5.74, 6) is -0.986. The van der Waals surface area contributed by atoms with E-state index < -0.39 is 23.5 Å². The van der Waals surface area contributed by atoms with Crippen LogP contribution in [0.4, 0.5) is 42.0 Å². The van der Waals surface area contributed by atoms with Gasteiger partial charge in [0, 0.05) is 12.3 Å². The minimum atomic E-state index is -4.74. The maximum absolute atomic E-state index is 13.6. The van der Waals surface area contributed by atoms with Crippen LogP contribution in [0.1, 0.15) is 11.1 Å². The Morgan fingerprint density at radius 3 is 2.55 bits per heavy atom. The van der Waals surface area contributed by atoms with E-state index in [0.29, 0.717) is 6.20 Å². The number of hydrogen-bond donors (Lipinski definition) is 3. The Bertz CT molecular complexity index is 1200. The highest BCUT2D eigenvalue weighted by molar-refractivity contribution is 6.33. The average Bonchev–Trinajstić information content (AvgIpc) is 2.76. The fraction of sp³-hybridized carbons (Fsp3) is 0.143. The topological polar surface area (TPSA) is 101 Å². The third kappa shape index (κ3) is 5.89. The fourth-order valence-electron chi connectivity index (χ4n) is 2.67. The Hall–Kier alpha value is -3.86. The van der Waals surface area contributed by atoms with Crippen LogP contribution in [0.5, 0.6) is 5.88 Å². The number of alkyl halides is 3. The van der Waals surface area contributed by atoms with Crippen LogP contribution in [0.2, 0.25) is 5.02 Å². The van der Waals surface area contributed by atoms with Crippen molar-refractivity contribution in [3.8, 4) is 5.88 Å². The Labute approximate surface area is 191 Å². The van der Waals surface area contributed by atoms with E-state index in [1.54, 1.807) is 19.1 Å². The van der Waals surface area contributed by atoms with Gasteiger partial charge in [-0.2, -0.15) is 18.2 Å². The van der Waals surface area contributed by atoms with E-state index in [0.717, 1.165) is 11.6 Å². The predicted molar refractivity (Wildman–Crippen MR) is 119 cm³/mol. The number of hydrogen-bond acceptors (Lipinski definition) is 7. The molecule has 1 amide bonds. The van der Waals surface area contributed by atoms with E-state index in [-0.39, 0.29) is 33.9 Å². The molecule has 0 aliphatic carbocycles. The Morgan fingerprint density at radius 2 is 1.88 bits per heavy atom. The molecule has 0 radical (unpaired) electrons. The number of benzene rings is 1. The number of nitrogens with one attached hydrogen (secondary N) is 3. The lowest BCUT2D eigenvalue weighted by molar-refractivity contribution is -0.137. The van der Waals surface area contributed by atoms with Gasteiger partial charge in [-0.1, -0.05) is 24.2 Å². The second-order valence-electron chi connectivity index (χ2n) is 6.65. The second kappa shape index (κ2) is 9.74. The Balaban J connectivity index is 2.02. The molecule has 3 rings (SSSR count). The van der Waals surface area contributed by atoms with Crippen LogP contribution in [0, 0.1) is 6.92 Å². The smallest absolute Gasteiger partial charge is 0.421 e. The van der Waals surface area contributed by atoms with Gasteiger partial charge in [0.25, 0.3) is 0 Å². The van der Waals surface area contributed by atoms with E-state index in [9.17, 15) is 18.0 Å². The largest absolute Gasteiger partial charge is 0.481 e. The summed E-state index contributed by atoms with van der Waals surface area (Å²) in [7, 11) is 1.40. The van der Waals surface area contributed by atoms with Gasteiger partial charge in [0.1, 0.15) is 11.4 Å². The number of pyridine rings is 1. The summed E-state index contributed by atoms with van der Waals surface area (Å²) in [5, 5.41) is 8.13. The molecule has 0 atom stereocenters. The zero-order chi connectivity index (χ0) is 24.2. The molecule has 3 N–H and O–H groups in total. The monoisotopic (exact) mass is 478 g/mol. The number of ether oxygens (including phenoxy) is 1. The number of aromatic nitrogens is 3. The maximum Gasteiger partial charge on any atom is 0.421 e. The molecule has 0 spiro atoms. The molecule has 1 aromatic carbocycles. The number of methoxy groups -OCH3 is 1. The van der Waals surface area contributed by atoms with E-state index >= 15 is 0 Å². The van der Waals surface area contributed by atoms with Gasteiger partial charge >= 0.3 is 6.18 Å². The molecule has 8 nitrogen and oxygen atoms in total. The van der Waals surface area contributed by atoms with E-state index in [1.807, 2.05) is 0 Å². The molecule has 172 valence electrons. The van der Waals surface area contributed by atoms with Crippen molar-refractivity contribution in [2.24, 2.45) is 0 Å². The van der Waals surface area contributed by atoms with Gasteiger partial charge in [0.05, 0.1) is 35.4 Å². The molecule has 0 saturated carbocycles. The minimum Gasteiger partial charge on any atom is -0.481 e. The first-order chi connectivity index (χ1) is 15.6. The highest BCUT2D eigenvalue weighted by Gasteiger charge is 2.35. The lowest BCUT2D eigenvalue weighted by atomic mass is 10.1. The number of aryl methyl sites for hydroxylation is 1. The standard InChI is InChI=1S/C21H18ClF3N6O2/c1-4-17(32)28-16-7-11(2)5-6-14(16)29-19-12(21(23,24)25)9-27-20(31-19)30-15-8-18(33-3)26-10-13(15)22/h4-10H,1H2,2-3H3,(H,28,32)(H2,26,27,29,30,31). The third-order valence-corrected chi connectivity index (χ3v) is 4.55. The van der Waals surface area contributed by atoms with Gasteiger partial charge in [-0.25, -0.2) is 9.97 Å². The van der Waals surface area contributed by atoms with Gasteiger partial charge in [-0.05, 0) is 30.7 Å². The minimum absolute atomic E-state index is 0.163. The number of halogens is 4. The molecule has 0 unspecified atom stereocenters. The number of carbonyl (C=O) groups excluding carboxylic acids is 1. The summed E-state index contributed by atoms with van der Waals surface area (Å²) >= 11 is 6.09. The average molecular weight is 479 g/mol. The lowest BCUT2D eigenvalue weighted by Crippen LogP contribution is -2.14. The molecule has 2 heterocycles. The Kier molecular flexibility index (Phi) is 7.02. The SMILES string of the molecule is C=CC(=O)Nc1cc(C)ccc1Nc1nc(Nc2cc(OC)ncc2Cl)ncc1C(F)(F)F. The molecular weight excluding hydrogens is 461 g/mol. The molecule has 3 aromatic rings. The van der Waals surface area contributed by atoms with Crippen molar-refractivity contribution in [2.45, 2.75) is 13.1 Å². The van der Waals surface area contributed by atoms with Gasteiger partial charge in [0.15, 0.2) is 0 Å². The molecule has 12 heteroatoms. The van der Waals surface area contributed by atoms with Crippen LogP contribution in [0.3, 0.4) is 0 Å². The van der Waals surface area contributed by atoms with Crippen molar-refractivity contribution in [1.29, 1.82) is 0 Å². The van der Waals surface area contributed by atoms with Crippen LogP contribution in [0.15, 0.2) is 49.3 Å². The molecule has 33 heavy (non-hydrogen) atoms. The highest BCUT2D eigenvalue weighted by atomic mass is 35.5. The number of nitrogens with zero attached hydrogens (tertiary/aromatic N) is 3. The second-order valence-corrected chi connectivity index (χ2v) is 7.06. The number of rotatable bonds is 7. The van der Waals surface area contributed by atoms with Gasteiger partial charge < -0.3 is 20.7 Å². The Morgan fingerprint density at radius 1 is 1.12 bits per heavy atom. The van der Waals surface area contributed by atoms with Gasteiger partial charge in [0.2, 0.25) is 17.7 Å². The summed E-state index contributed by atoms with van der Waals surface area (Å²) < 4.78 is 45.9.